The Kier molecular flexibility index (Phi) is 5.31. The van der Waals surface area contributed by atoms with Crippen molar-refractivity contribution < 1.29 is 5.11 Å². The van der Waals surface area contributed by atoms with E-state index in [0.717, 1.165) is 5.69 Å². The van der Waals surface area contributed by atoms with Crippen LogP contribution in [0.3, 0.4) is 0 Å². The summed E-state index contributed by atoms with van der Waals surface area (Å²) in [7, 11) is 3.85. The fourth-order valence-corrected chi connectivity index (χ4v) is 2.52. The molecule has 2 rings (SSSR count). The lowest BCUT2D eigenvalue weighted by Gasteiger charge is -2.20. The van der Waals surface area contributed by atoms with Gasteiger partial charge in [0.1, 0.15) is 5.92 Å². The van der Waals surface area contributed by atoms with Crippen LogP contribution in [0.4, 0.5) is 5.69 Å². The predicted octanol–water partition coefficient (Wildman–Crippen LogP) is 4.40. The summed E-state index contributed by atoms with van der Waals surface area (Å²) in [6.45, 7) is 0. The minimum Gasteiger partial charge on any atom is -0.387 e. The Morgan fingerprint density at radius 2 is 1.77 bits per heavy atom. The van der Waals surface area contributed by atoms with E-state index in [1.165, 1.54) is 0 Å². The molecule has 3 nitrogen and oxygen atoms in total. The fourth-order valence-electron chi connectivity index (χ4n) is 2.21. The number of aliphatic hydroxyl groups is 1. The van der Waals surface area contributed by atoms with Crippen LogP contribution in [0, 0.1) is 11.3 Å². The lowest BCUT2D eigenvalue weighted by atomic mass is 9.90. The summed E-state index contributed by atoms with van der Waals surface area (Å²) < 4.78 is 0. The largest absolute Gasteiger partial charge is 0.387 e. The van der Waals surface area contributed by atoms with Crippen LogP contribution in [-0.4, -0.2) is 19.2 Å². The SMILES string of the molecule is CN(C)c1cccc(C(O)C(C#N)c2ccc(Cl)c(Cl)c2)c1. The molecule has 2 atom stereocenters. The van der Waals surface area contributed by atoms with Crippen molar-refractivity contribution in [2.24, 2.45) is 0 Å². The normalized spacial score (nSPS) is 13.3. The molecular weight excluding hydrogens is 319 g/mol. The van der Waals surface area contributed by atoms with E-state index in [-0.39, 0.29) is 0 Å². The maximum absolute atomic E-state index is 10.6. The number of nitriles is 1. The van der Waals surface area contributed by atoms with E-state index in [2.05, 4.69) is 6.07 Å². The number of halogens is 2. The second kappa shape index (κ2) is 7.02. The second-order valence-electron chi connectivity index (χ2n) is 5.21. The fraction of sp³-hybridized carbons (Fsp3) is 0.235. The van der Waals surface area contributed by atoms with E-state index in [9.17, 15) is 10.4 Å². The molecular formula is C17H16Cl2N2O. The molecule has 0 radical (unpaired) electrons. The highest BCUT2D eigenvalue weighted by Gasteiger charge is 2.23. The van der Waals surface area contributed by atoms with Crippen molar-refractivity contribution >= 4 is 28.9 Å². The molecule has 22 heavy (non-hydrogen) atoms. The minimum atomic E-state index is -0.942. The lowest BCUT2D eigenvalue weighted by Crippen LogP contribution is -2.12. The first-order valence-electron chi connectivity index (χ1n) is 6.74. The van der Waals surface area contributed by atoms with E-state index < -0.39 is 12.0 Å². The summed E-state index contributed by atoms with van der Waals surface area (Å²) in [5, 5.41) is 20.8. The Labute approximate surface area is 140 Å². The van der Waals surface area contributed by atoms with Gasteiger partial charge in [0.25, 0.3) is 0 Å². The number of nitrogens with zero attached hydrogens (tertiary/aromatic N) is 2. The molecule has 0 aliphatic rings. The monoisotopic (exact) mass is 334 g/mol. The highest BCUT2D eigenvalue weighted by Crippen LogP contribution is 2.34. The van der Waals surface area contributed by atoms with E-state index in [0.29, 0.717) is 21.2 Å². The molecule has 0 heterocycles. The summed E-state index contributed by atoms with van der Waals surface area (Å²) in [5.41, 5.74) is 2.28. The molecule has 0 saturated heterocycles. The number of hydrogen-bond acceptors (Lipinski definition) is 3. The molecule has 0 amide bonds. The maximum Gasteiger partial charge on any atom is 0.101 e. The average Bonchev–Trinajstić information content (AvgIpc) is 2.51. The van der Waals surface area contributed by atoms with Gasteiger partial charge in [-0.25, -0.2) is 0 Å². The lowest BCUT2D eigenvalue weighted by molar-refractivity contribution is 0.164. The summed E-state index contributed by atoms with van der Waals surface area (Å²) in [6.07, 6.45) is -0.942. The van der Waals surface area contributed by atoms with Crippen LogP contribution in [0.25, 0.3) is 0 Å². The zero-order chi connectivity index (χ0) is 16.3. The van der Waals surface area contributed by atoms with Gasteiger partial charge in [-0.3, -0.25) is 0 Å². The van der Waals surface area contributed by atoms with E-state index >= 15 is 0 Å². The van der Waals surface area contributed by atoms with Gasteiger partial charge in [-0.05, 0) is 35.4 Å². The first-order chi connectivity index (χ1) is 10.4. The van der Waals surface area contributed by atoms with Gasteiger partial charge in [-0.15, -0.1) is 0 Å². The van der Waals surface area contributed by atoms with Crippen molar-refractivity contribution in [1.29, 1.82) is 5.26 Å². The highest BCUT2D eigenvalue weighted by atomic mass is 35.5. The quantitative estimate of drug-likeness (QED) is 0.901. The van der Waals surface area contributed by atoms with Gasteiger partial charge >= 0.3 is 0 Å². The molecule has 2 aromatic carbocycles. The van der Waals surface area contributed by atoms with Gasteiger partial charge in [0.05, 0.1) is 22.2 Å². The smallest absolute Gasteiger partial charge is 0.101 e. The summed E-state index contributed by atoms with van der Waals surface area (Å²) >= 11 is 11.9. The molecule has 0 aliphatic heterocycles. The molecule has 0 aliphatic carbocycles. The number of rotatable bonds is 4. The maximum atomic E-state index is 10.6. The average molecular weight is 335 g/mol. The highest BCUT2D eigenvalue weighted by molar-refractivity contribution is 6.42. The van der Waals surface area contributed by atoms with Crippen LogP contribution in [0.15, 0.2) is 42.5 Å². The third kappa shape index (κ3) is 3.53. The first-order valence-corrected chi connectivity index (χ1v) is 7.49. The number of anilines is 1. The molecule has 2 aromatic rings. The molecule has 2 unspecified atom stereocenters. The van der Waals surface area contributed by atoms with Crippen LogP contribution in [0.5, 0.6) is 0 Å². The number of aliphatic hydroxyl groups excluding tert-OH is 1. The molecule has 0 bridgehead atoms. The molecule has 0 spiro atoms. The van der Waals surface area contributed by atoms with Gasteiger partial charge in [0.15, 0.2) is 0 Å². The van der Waals surface area contributed by atoms with Crippen LogP contribution >= 0.6 is 23.2 Å². The van der Waals surface area contributed by atoms with Crippen LogP contribution < -0.4 is 4.90 Å². The summed E-state index contributed by atoms with van der Waals surface area (Å²) in [6, 6.07) is 14.6. The first kappa shape index (κ1) is 16.6. The Hall–Kier alpha value is -1.73. The Balaban J connectivity index is 2.36. The van der Waals surface area contributed by atoms with Crippen LogP contribution in [0.2, 0.25) is 10.0 Å². The molecule has 114 valence electrons. The van der Waals surface area contributed by atoms with Gasteiger partial charge in [0, 0.05) is 19.8 Å². The summed E-state index contributed by atoms with van der Waals surface area (Å²) in [5.74, 6) is -0.716. The molecule has 0 fully saturated rings. The number of hydrogen-bond donors (Lipinski definition) is 1. The van der Waals surface area contributed by atoms with Crippen LogP contribution in [-0.2, 0) is 0 Å². The van der Waals surface area contributed by atoms with Crippen LogP contribution in [0.1, 0.15) is 23.1 Å². The predicted molar refractivity (Wildman–Crippen MR) is 90.5 cm³/mol. The van der Waals surface area contributed by atoms with Crippen molar-refractivity contribution in [3.63, 3.8) is 0 Å². The van der Waals surface area contributed by atoms with E-state index in [4.69, 9.17) is 23.2 Å². The van der Waals surface area contributed by atoms with Crippen molar-refractivity contribution in [3.8, 4) is 6.07 Å². The van der Waals surface area contributed by atoms with Crippen molar-refractivity contribution in [3.05, 3.63) is 63.6 Å². The minimum absolute atomic E-state index is 0.369. The second-order valence-corrected chi connectivity index (χ2v) is 6.03. The number of benzene rings is 2. The Morgan fingerprint density at radius 1 is 1.05 bits per heavy atom. The zero-order valence-electron chi connectivity index (χ0n) is 12.3. The molecule has 5 heteroatoms. The van der Waals surface area contributed by atoms with Gasteiger partial charge in [-0.1, -0.05) is 41.4 Å². The van der Waals surface area contributed by atoms with Gasteiger partial charge in [-0.2, -0.15) is 5.26 Å². The van der Waals surface area contributed by atoms with Gasteiger partial charge < -0.3 is 10.0 Å². The third-order valence-electron chi connectivity index (χ3n) is 3.49. The van der Waals surface area contributed by atoms with E-state index in [1.807, 2.05) is 37.2 Å². The topological polar surface area (TPSA) is 47.3 Å². The molecule has 0 saturated carbocycles. The Morgan fingerprint density at radius 3 is 2.36 bits per heavy atom. The van der Waals surface area contributed by atoms with Gasteiger partial charge in [0.2, 0.25) is 0 Å². The standard InChI is InChI=1S/C17H16Cl2N2O/c1-21(2)13-5-3-4-12(8-13)17(22)14(10-20)11-6-7-15(18)16(19)9-11/h3-9,14,17,22H,1-2H3. The van der Waals surface area contributed by atoms with Crippen molar-refractivity contribution in [1.82, 2.24) is 0 Å². The third-order valence-corrected chi connectivity index (χ3v) is 4.22. The van der Waals surface area contributed by atoms with Crippen molar-refractivity contribution in [2.45, 2.75) is 12.0 Å². The molecule has 1 N–H and O–H groups in total. The molecule has 0 aromatic heterocycles. The Bertz CT molecular complexity index is 710. The van der Waals surface area contributed by atoms with E-state index in [1.54, 1.807) is 24.3 Å². The zero-order valence-corrected chi connectivity index (χ0v) is 13.8. The summed E-state index contributed by atoms with van der Waals surface area (Å²) in [4.78, 5) is 1.94. The van der Waals surface area contributed by atoms with Crippen molar-refractivity contribution in [2.75, 3.05) is 19.0 Å².